The average Bonchev–Trinajstić information content (AvgIpc) is 4.08. The van der Waals surface area contributed by atoms with Crippen molar-refractivity contribution in [1.82, 2.24) is 40.4 Å². The normalized spacial score (nSPS) is 21.4. The van der Waals surface area contributed by atoms with E-state index in [-0.39, 0.29) is 66.1 Å². The van der Waals surface area contributed by atoms with Crippen molar-refractivity contribution in [2.45, 2.75) is 96.2 Å². The predicted octanol–water partition coefficient (Wildman–Crippen LogP) is 5.22. The van der Waals surface area contributed by atoms with Crippen LogP contribution in [-0.4, -0.2) is 139 Å². The maximum Gasteiger partial charge on any atom is 0.263 e. The number of para-hydroxylation sites is 1. The Morgan fingerprint density at radius 1 is 0.939 bits per heavy atom. The van der Waals surface area contributed by atoms with E-state index in [1.165, 1.54) is 4.90 Å². The summed E-state index contributed by atoms with van der Waals surface area (Å²) in [5.74, 6) is -0.619. The zero-order valence-corrected chi connectivity index (χ0v) is 38.8. The number of phenols is 1. The van der Waals surface area contributed by atoms with Gasteiger partial charge in [-0.05, 0) is 74.0 Å². The van der Waals surface area contributed by atoms with Gasteiger partial charge in [0, 0.05) is 69.9 Å². The number of hydrogen-bond donors (Lipinski definition) is 4. The molecule has 18 heteroatoms. The van der Waals surface area contributed by atoms with E-state index in [2.05, 4.69) is 40.8 Å². The van der Waals surface area contributed by atoms with E-state index in [0.29, 0.717) is 30.4 Å². The standard InChI is InChI=1S/C48H58N10O7S/c1-27(2)43(48(63)58-25-35(59)20-39(58)46(61)51-28(3)31-10-12-32(13-11-31)44-29(4)50-26-66-44)41-22-42(54-65-41)64-30(5)47(62)55-16-14-33(15-17-55)56-18-19-57-34(24-56)23-49-45-38(57)21-37(52-53-45)36-8-6-7-9-40(36)60/h6-13,21-22,26-28,30,33-35,39,43,59-60H,14-20,23-25H2,1-5H3,(H,49,53)(H,51,61)/t28?,30?,34-,35+,39-,43?/m0/s1. The molecule has 3 unspecified atom stereocenters. The summed E-state index contributed by atoms with van der Waals surface area (Å²) in [4.78, 5) is 55.4. The highest BCUT2D eigenvalue weighted by Gasteiger charge is 2.44. The van der Waals surface area contributed by atoms with Crippen molar-refractivity contribution >= 4 is 40.6 Å². The number of anilines is 2. The first-order chi connectivity index (χ1) is 31.8. The zero-order chi connectivity index (χ0) is 46.2. The molecule has 3 fully saturated rings. The molecule has 17 nitrogen and oxygen atoms in total. The third kappa shape index (κ3) is 9.18. The summed E-state index contributed by atoms with van der Waals surface area (Å²) in [6.45, 7) is 13.9. The predicted molar refractivity (Wildman–Crippen MR) is 249 cm³/mol. The van der Waals surface area contributed by atoms with E-state index in [1.54, 1.807) is 36.5 Å². The van der Waals surface area contributed by atoms with Crippen molar-refractivity contribution in [1.29, 1.82) is 0 Å². The number of ether oxygens (including phenoxy) is 1. The van der Waals surface area contributed by atoms with Crippen molar-refractivity contribution in [2.75, 3.05) is 56.0 Å². The van der Waals surface area contributed by atoms with E-state index >= 15 is 0 Å². The number of aromatic nitrogens is 4. The minimum absolute atomic E-state index is 0.0119. The maximum atomic E-state index is 14.3. The number of aromatic hydroxyl groups is 1. The minimum Gasteiger partial charge on any atom is -0.507 e. The van der Waals surface area contributed by atoms with Gasteiger partial charge in [0.2, 0.25) is 11.8 Å². The highest BCUT2D eigenvalue weighted by atomic mass is 32.1. The van der Waals surface area contributed by atoms with Crippen LogP contribution >= 0.6 is 11.3 Å². The topological polar surface area (TPSA) is 203 Å². The number of amides is 3. The molecule has 66 heavy (non-hydrogen) atoms. The molecule has 9 rings (SSSR count). The first-order valence-corrected chi connectivity index (χ1v) is 23.8. The number of aryl methyl sites for hydroxylation is 1. The lowest BCUT2D eigenvalue weighted by Crippen LogP contribution is -2.61. The fraction of sp³-hybridized carbons (Fsp3) is 0.479. The number of likely N-dealkylation sites (tertiary alicyclic amines) is 2. The van der Waals surface area contributed by atoms with Gasteiger partial charge in [-0.1, -0.05) is 50.2 Å². The van der Waals surface area contributed by atoms with Crippen LogP contribution < -0.4 is 20.3 Å². The molecule has 7 heterocycles. The molecule has 3 amide bonds. The van der Waals surface area contributed by atoms with E-state index < -0.39 is 24.2 Å². The van der Waals surface area contributed by atoms with Gasteiger partial charge in [0.15, 0.2) is 17.7 Å². The molecule has 2 aromatic carbocycles. The van der Waals surface area contributed by atoms with Crippen LogP contribution in [0.25, 0.3) is 21.7 Å². The van der Waals surface area contributed by atoms with Crippen molar-refractivity contribution in [3.8, 4) is 33.3 Å². The minimum atomic E-state index is -0.872. The number of benzene rings is 2. The molecule has 348 valence electrons. The average molecular weight is 919 g/mol. The molecule has 0 saturated carbocycles. The van der Waals surface area contributed by atoms with Gasteiger partial charge in [-0.25, -0.2) is 4.98 Å². The second-order valence-corrected chi connectivity index (χ2v) is 19.2. The van der Waals surface area contributed by atoms with Crippen LogP contribution in [0.15, 0.2) is 70.7 Å². The third-order valence-electron chi connectivity index (χ3n) is 13.6. The Balaban J connectivity index is 0.770. The van der Waals surface area contributed by atoms with Gasteiger partial charge in [0.25, 0.3) is 11.8 Å². The summed E-state index contributed by atoms with van der Waals surface area (Å²) >= 11 is 1.58. The van der Waals surface area contributed by atoms with Crippen molar-refractivity contribution in [2.24, 2.45) is 5.92 Å². The molecule has 5 aromatic rings. The molecule has 4 aliphatic heterocycles. The Hall–Kier alpha value is -6.11. The summed E-state index contributed by atoms with van der Waals surface area (Å²) in [5, 5.41) is 40.6. The summed E-state index contributed by atoms with van der Waals surface area (Å²) < 4.78 is 11.8. The number of nitrogens with one attached hydrogen (secondary N) is 2. The Morgan fingerprint density at radius 3 is 2.44 bits per heavy atom. The summed E-state index contributed by atoms with van der Waals surface area (Å²) in [6, 6.07) is 18.1. The molecule has 4 N–H and O–H groups in total. The number of fused-ring (bicyclic) bond motifs is 3. The molecule has 0 bridgehead atoms. The monoisotopic (exact) mass is 918 g/mol. The highest BCUT2D eigenvalue weighted by molar-refractivity contribution is 7.13. The number of thiazole rings is 1. The Labute approximate surface area is 388 Å². The van der Waals surface area contributed by atoms with Crippen LogP contribution in [-0.2, 0) is 14.4 Å². The van der Waals surface area contributed by atoms with E-state index in [9.17, 15) is 24.6 Å². The first kappa shape index (κ1) is 45.1. The molecular weight excluding hydrogens is 861 g/mol. The molecule has 3 saturated heterocycles. The largest absolute Gasteiger partial charge is 0.507 e. The second kappa shape index (κ2) is 19.0. The number of aliphatic hydroxyl groups is 1. The Kier molecular flexibility index (Phi) is 13.0. The molecule has 0 aliphatic carbocycles. The van der Waals surface area contributed by atoms with Crippen LogP contribution in [0.2, 0.25) is 0 Å². The van der Waals surface area contributed by atoms with Crippen LogP contribution in [0.1, 0.15) is 75.9 Å². The first-order valence-electron chi connectivity index (χ1n) is 22.9. The number of aliphatic hydroxyl groups excluding tert-OH is 1. The summed E-state index contributed by atoms with van der Waals surface area (Å²) in [5.41, 5.74) is 7.03. The third-order valence-corrected chi connectivity index (χ3v) is 14.6. The number of phenolic OH excluding ortho intramolecular Hbond substituents is 1. The van der Waals surface area contributed by atoms with Crippen LogP contribution in [0, 0.1) is 12.8 Å². The number of carbonyl (C=O) groups excluding carboxylic acids is 3. The zero-order valence-electron chi connectivity index (χ0n) is 38.0. The maximum absolute atomic E-state index is 14.3. The number of piperidine rings is 1. The van der Waals surface area contributed by atoms with Gasteiger partial charge in [0.1, 0.15) is 17.7 Å². The number of rotatable bonds is 12. The molecule has 4 aliphatic rings. The van der Waals surface area contributed by atoms with Gasteiger partial charge in [0.05, 0.1) is 45.7 Å². The Bertz CT molecular complexity index is 2540. The van der Waals surface area contributed by atoms with Gasteiger partial charge < -0.3 is 44.8 Å². The number of hydrogen-bond acceptors (Lipinski definition) is 15. The van der Waals surface area contributed by atoms with E-state index in [1.807, 2.05) is 80.6 Å². The van der Waals surface area contributed by atoms with Crippen LogP contribution in [0.5, 0.6) is 11.6 Å². The van der Waals surface area contributed by atoms with Crippen LogP contribution in [0.3, 0.4) is 0 Å². The van der Waals surface area contributed by atoms with Crippen molar-refractivity contribution in [3.05, 3.63) is 83.2 Å². The van der Waals surface area contributed by atoms with Gasteiger partial charge in [-0.15, -0.1) is 21.5 Å². The smallest absolute Gasteiger partial charge is 0.263 e. The van der Waals surface area contributed by atoms with Crippen molar-refractivity contribution < 1.29 is 33.9 Å². The number of β-amino-alcohol motifs (C(OH)–C–C–N with tert-alkyl or cyclic N) is 1. The quantitative estimate of drug-likeness (QED) is 0.127. The van der Waals surface area contributed by atoms with Gasteiger partial charge in [-0.2, -0.15) is 0 Å². The number of nitrogens with zero attached hydrogens (tertiary/aromatic N) is 8. The lowest BCUT2D eigenvalue weighted by molar-refractivity contribution is -0.141. The highest BCUT2D eigenvalue weighted by Crippen LogP contribution is 2.38. The lowest BCUT2D eigenvalue weighted by Gasteiger charge is -2.49. The van der Waals surface area contributed by atoms with Gasteiger partial charge >= 0.3 is 0 Å². The number of piperazine rings is 1. The molecule has 3 aromatic heterocycles. The van der Waals surface area contributed by atoms with E-state index in [4.69, 9.17) is 9.26 Å². The van der Waals surface area contributed by atoms with Crippen LogP contribution in [0.4, 0.5) is 11.5 Å². The SMILES string of the molecule is Cc1ncsc1-c1ccc(C(C)NC(=O)[C@@H]2C[C@@H](O)CN2C(=O)C(c2cc(OC(C)C(=O)N3CCC(N4CCN5c6cc(-c7ccccc7O)nnc6NC[C@H]5C4)CC3)no2)C(C)C)cc1. The van der Waals surface area contributed by atoms with E-state index in [0.717, 1.165) is 72.2 Å². The van der Waals surface area contributed by atoms with Gasteiger partial charge in [-0.3, -0.25) is 19.3 Å². The fourth-order valence-electron chi connectivity index (χ4n) is 10.00. The molecule has 0 radical (unpaired) electrons. The lowest BCUT2D eigenvalue weighted by atomic mass is 9.91. The Morgan fingerprint density at radius 2 is 1.71 bits per heavy atom. The molecular formula is C48H58N10O7S. The molecule has 6 atom stereocenters. The number of carbonyl (C=O) groups is 3. The summed E-state index contributed by atoms with van der Waals surface area (Å²) in [7, 11) is 0. The summed E-state index contributed by atoms with van der Waals surface area (Å²) in [6.07, 6.45) is 0.0968. The fourth-order valence-corrected chi connectivity index (χ4v) is 10.8. The second-order valence-electron chi connectivity index (χ2n) is 18.3. The van der Waals surface area contributed by atoms with Crippen molar-refractivity contribution in [3.63, 3.8) is 0 Å². The molecule has 0 spiro atoms.